The van der Waals surface area contributed by atoms with Crippen LogP contribution in [-0.4, -0.2) is 51.8 Å². The van der Waals surface area contributed by atoms with Crippen molar-refractivity contribution in [2.45, 2.75) is 36.2 Å². The highest BCUT2D eigenvalue weighted by atomic mass is 19.4. The molecular weight excluding hydrogens is 346 g/mol. The number of hydrogen-bond acceptors (Lipinski definition) is 3. The van der Waals surface area contributed by atoms with Crippen LogP contribution in [-0.2, 0) is 0 Å². The standard InChI is InChI=1S/C6H3F12NO2/c7-1(3(8,9)6(16,17)18)2(19(20)21,4(10,11)12)5(13,14)15/h1,20-21H. The largest absolute Gasteiger partial charge is 0.456 e. The molecule has 0 heterocycles. The van der Waals surface area contributed by atoms with Crippen molar-refractivity contribution in [3.05, 3.63) is 0 Å². The van der Waals surface area contributed by atoms with Gasteiger partial charge in [0.15, 0.2) is 0 Å². The van der Waals surface area contributed by atoms with Gasteiger partial charge in [-0.3, -0.25) is 10.4 Å². The monoisotopic (exact) mass is 349 g/mol. The zero-order valence-electron chi connectivity index (χ0n) is 8.95. The molecule has 128 valence electrons. The summed E-state index contributed by atoms with van der Waals surface area (Å²) in [6.45, 7) is 0. The summed E-state index contributed by atoms with van der Waals surface area (Å²) in [7, 11) is 0. The van der Waals surface area contributed by atoms with Crippen molar-refractivity contribution in [2.24, 2.45) is 0 Å². The summed E-state index contributed by atoms with van der Waals surface area (Å²) >= 11 is 0. The smallest absolute Gasteiger partial charge is 0.289 e. The second-order valence-electron chi connectivity index (χ2n) is 3.53. The number of hydroxylamine groups is 2. The molecule has 0 aromatic rings. The van der Waals surface area contributed by atoms with Gasteiger partial charge >= 0.3 is 24.5 Å². The summed E-state index contributed by atoms with van der Waals surface area (Å²) in [5.41, 5.74) is -6.92. The Hall–Kier alpha value is -0.960. The fourth-order valence-corrected chi connectivity index (χ4v) is 1.18. The summed E-state index contributed by atoms with van der Waals surface area (Å²) in [6, 6.07) is 0. The quantitative estimate of drug-likeness (QED) is 0.606. The average Bonchev–Trinajstić information content (AvgIpc) is 2.10. The molecule has 0 fully saturated rings. The lowest BCUT2D eigenvalue weighted by molar-refractivity contribution is -0.497. The molecule has 0 radical (unpaired) electrons. The lowest BCUT2D eigenvalue weighted by atomic mass is 9.87. The molecule has 0 aliphatic carbocycles. The predicted molar refractivity (Wildman–Crippen MR) is 36.2 cm³/mol. The Morgan fingerprint density at radius 3 is 1.05 bits per heavy atom. The topological polar surface area (TPSA) is 43.7 Å². The summed E-state index contributed by atoms with van der Waals surface area (Å²) in [4.78, 5) is 0. The molecule has 0 amide bonds. The SMILES string of the molecule is ON(O)C(C(F)C(F)(F)C(F)(F)F)(C(F)(F)F)C(F)(F)F. The first-order valence-corrected chi connectivity index (χ1v) is 4.25. The molecule has 1 atom stereocenters. The van der Waals surface area contributed by atoms with Gasteiger partial charge in [0, 0.05) is 0 Å². The van der Waals surface area contributed by atoms with Crippen molar-refractivity contribution in [3.8, 4) is 0 Å². The maximum Gasteiger partial charge on any atom is 0.456 e. The first kappa shape index (κ1) is 20.0. The summed E-state index contributed by atoms with van der Waals surface area (Å²) < 4.78 is 147. The van der Waals surface area contributed by atoms with E-state index in [4.69, 9.17) is 10.4 Å². The van der Waals surface area contributed by atoms with E-state index < -0.39 is 41.4 Å². The minimum Gasteiger partial charge on any atom is -0.289 e. The molecule has 21 heavy (non-hydrogen) atoms. The van der Waals surface area contributed by atoms with Crippen LogP contribution in [0, 0.1) is 0 Å². The van der Waals surface area contributed by atoms with Crippen LogP contribution in [0.5, 0.6) is 0 Å². The molecule has 0 saturated heterocycles. The molecule has 0 bridgehead atoms. The molecule has 0 spiro atoms. The summed E-state index contributed by atoms with van der Waals surface area (Å²) in [5.74, 6) is -7.19. The van der Waals surface area contributed by atoms with Gasteiger partial charge < -0.3 is 0 Å². The van der Waals surface area contributed by atoms with E-state index in [0.717, 1.165) is 0 Å². The third-order valence-electron chi connectivity index (χ3n) is 2.24. The molecule has 3 nitrogen and oxygen atoms in total. The fraction of sp³-hybridized carbons (Fsp3) is 1.00. The molecule has 15 heteroatoms. The van der Waals surface area contributed by atoms with Gasteiger partial charge in [0.2, 0.25) is 6.17 Å². The van der Waals surface area contributed by atoms with E-state index in [0.29, 0.717) is 0 Å². The molecule has 1 unspecified atom stereocenters. The van der Waals surface area contributed by atoms with Gasteiger partial charge in [0.05, 0.1) is 0 Å². The minimum atomic E-state index is -7.29. The zero-order valence-corrected chi connectivity index (χ0v) is 8.95. The van der Waals surface area contributed by atoms with Crippen molar-refractivity contribution in [1.82, 2.24) is 5.23 Å². The second-order valence-corrected chi connectivity index (χ2v) is 3.53. The van der Waals surface area contributed by atoms with Crippen LogP contribution in [0.4, 0.5) is 52.7 Å². The van der Waals surface area contributed by atoms with E-state index in [2.05, 4.69) is 0 Å². The van der Waals surface area contributed by atoms with Crippen LogP contribution in [0.15, 0.2) is 0 Å². The van der Waals surface area contributed by atoms with Crippen molar-refractivity contribution in [3.63, 3.8) is 0 Å². The Morgan fingerprint density at radius 1 is 0.619 bits per heavy atom. The number of hydrogen-bond donors (Lipinski definition) is 2. The average molecular weight is 349 g/mol. The number of halogens is 12. The Kier molecular flexibility index (Phi) is 4.82. The molecule has 0 aliphatic heterocycles. The van der Waals surface area contributed by atoms with E-state index in [1.807, 2.05) is 0 Å². The Labute approximate surface area is 106 Å². The van der Waals surface area contributed by atoms with E-state index in [-0.39, 0.29) is 0 Å². The van der Waals surface area contributed by atoms with Crippen LogP contribution in [0.3, 0.4) is 0 Å². The number of alkyl halides is 12. The molecule has 0 saturated carbocycles. The lowest BCUT2D eigenvalue weighted by Gasteiger charge is -2.42. The Balaban J connectivity index is 6.45. The first-order valence-electron chi connectivity index (χ1n) is 4.25. The summed E-state index contributed by atoms with van der Waals surface area (Å²) in [5, 5.41) is 12.8. The van der Waals surface area contributed by atoms with Crippen LogP contribution >= 0.6 is 0 Å². The molecule has 0 aromatic heterocycles. The van der Waals surface area contributed by atoms with Gasteiger partial charge in [-0.2, -0.15) is 48.3 Å². The lowest BCUT2D eigenvalue weighted by Crippen LogP contribution is -2.75. The van der Waals surface area contributed by atoms with Crippen LogP contribution in [0.1, 0.15) is 0 Å². The minimum absolute atomic E-state index is 3.10. The van der Waals surface area contributed by atoms with Crippen LogP contribution in [0.2, 0.25) is 0 Å². The van der Waals surface area contributed by atoms with Gasteiger partial charge in [0.1, 0.15) is 0 Å². The van der Waals surface area contributed by atoms with Crippen molar-refractivity contribution < 1.29 is 63.1 Å². The van der Waals surface area contributed by atoms with E-state index in [1.54, 1.807) is 0 Å². The van der Waals surface area contributed by atoms with Gasteiger partial charge in [-0.05, 0) is 5.23 Å². The molecular formula is C6H3F12NO2. The predicted octanol–water partition coefficient (Wildman–Crippen LogP) is 3.47. The van der Waals surface area contributed by atoms with Crippen molar-refractivity contribution >= 4 is 0 Å². The highest BCUT2D eigenvalue weighted by Gasteiger charge is 2.86. The molecule has 0 aliphatic rings. The highest BCUT2D eigenvalue weighted by molar-refractivity contribution is 5.10. The maximum absolute atomic E-state index is 13.0. The van der Waals surface area contributed by atoms with Gasteiger partial charge in [-0.25, -0.2) is 4.39 Å². The van der Waals surface area contributed by atoms with Crippen LogP contribution in [0.25, 0.3) is 0 Å². The fourth-order valence-electron chi connectivity index (χ4n) is 1.18. The van der Waals surface area contributed by atoms with E-state index in [9.17, 15) is 52.7 Å². The number of rotatable bonds is 3. The molecule has 0 aromatic carbocycles. The van der Waals surface area contributed by atoms with Crippen LogP contribution < -0.4 is 0 Å². The van der Waals surface area contributed by atoms with E-state index in [1.165, 1.54) is 0 Å². The molecule has 2 N–H and O–H groups in total. The van der Waals surface area contributed by atoms with Crippen molar-refractivity contribution in [1.29, 1.82) is 0 Å². The third-order valence-corrected chi connectivity index (χ3v) is 2.24. The Bertz CT molecular complexity index is 353. The maximum atomic E-state index is 13.0. The summed E-state index contributed by atoms with van der Waals surface area (Å²) in [6.07, 6.45) is -27.9. The van der Waals surface area contributed by atoms with Gasteiger partial charge in [-0.1, -0.05) is 0 Å². The van der Waals surface area contributed by atoms with Gasteiger partial charge in [0.25, 0.3) is 5.54 Å². The van der Waals surface area contributed by atoms with E-state index >= 15 is 0 Å². The normalized spacial score (nSPS) is 17.3. The first-order chi connectivity index (χ1) is 8.85. The zero-order chi connectivity index (χ0) is 17.7. The second kappa shape index (κ2) is 5.05. The Morgan fingerprint density at radius 2 is 0.905 bits per heavy atom. The number of nitrogens with zero attached hydrogens (tertiary/aromatic N) is 1. The van der Waals surface area contributed by atoms with Crippen molar-refractivity contribution in [2.75, 3.05) is 0 Å². The molecule has 0 rings (SSSR count). The highest BCUT2D eigenvalue weighted by Crippen LogP contribution is 2.55. The van der Waals surface area contributed by atoms with Gasteiger partial charge in [-0.15, -0.1) is 0 Å². The third kappa shape index (κ3) is 2.85.